The molecule has 1 N–H and O–H groups in total. The topological polar surface area (TPSA) is 28.7 Å². The van der Waals surface area contributed by atoms with Gasteiger partial charge in [-0.05, 0) is 6.07 Å². The molecule has 8 heavy (non-hydrogen) atoms. The Morgan fingerprint density at radius 3 is 3.62 bits per heavy atom. The summed E-state index contributed by atoms with van der Waals surface area (Å²) in [6.07, 6.45) is 1.88. The molecule has 3 heteroatoms. The van der Waals surface area contributed by atoms with Crippen molar-refractivity contribution in [2.24, 2.45) is 0 Å². The molecule has 0 saturated heterocycles. The number of nitrogens with one attached hydrogen (secondary N) is 1. The lowest BCUT2D eigenvalue weighted by atomic mass is 10.6. The van der Waals surface area contributed by atoms with Crippen LogP contribution in [0.2, 0.25) is 0 Å². The van der Waals surface area contributed by atoms with E-state index >= 15 is 0 Å². The zero-order valence-corrected chi connectivity index (χ0v) is 4.83. The van der Waals surface area contributed by atoms with Gasteiger partial charge in [0.15, 0.2) is 5.51 Å². The Morgan fingerprint density at radius 2 is 2.75 bits per heavy atom. The van der Waals surface area contributed by atoms with Crippen LogP contribution in [0, 0.1) is 5.51 Å². The molecule has 0 bridgehead atoms. The zero-order chi connectivity index (χ0) is 5.40. The van der Waals surface area contributed by atoms with Gasteiger partial charge in [-0.1, -0.05) is 11.3 Å². The summed E-state index contributed by atoms with van der Waals surface area (Å²) in [6, 6.07) is 1.93. The summed E-state index contributed by atoms with van der Waals surface area (Å²) in [5, 5.41) is 0. The Morgan fingerprint density at radius 1 is 1.75 bits per heavy atom. The number of fused-ring (bicyclic) bond motifs is 1. The number of aromatic amines is 1. The van der Waals surface area contributed by atoms with E-state index in [1.54, 1.807) is 0 Å². The number of rotatable bonds is 0. The van der Waals surface area contributed by atoms with Crippen molar-refractivity contribution < 1.29 is 0 Å². The van der Waals surface area contributed by atoms with Gasteiger partial charge in [0.2, 0.25) is 0 Å². The average molecular weight is 123 g/mol. The van der Waals surface area contributed by atoms with Crippen molar-refractivity contribution in [3.63, 3.8) is 0 Å². The Kier molecular flexibility index (Phi) is 0.676. The molecule has 0 atom stereocenters. The molecule has 0 aliphatic carbocycles. The second-order valence-corrected chi connectivity index (χ2v) is 2.29. The van der Waals surface area contributed by atoms with Crippen molar-refractivity contribution in [2.75, 3.05) is 0 Å². The predicted octanol–water partition coefficient (Wildman–Crippen LogP) is 1.42. The normalized spacial score (nSPS) is 10.5. The lowest BCUT2D eigenvalue weighted by Gasteiger charge is -1.64. The van der Waals surface area contributed by atoms with Gasteiger partial charge in [0.05, 0.1) is 0 Å². The maximum atomic E-state index is 3.94. The molecule has 2 aromatic rings. The third-order valence-electron chi connectivity index (χ3n) is 1.00. The van der Waals surface area contributed by atoms with Crippen molar-refractivity contribution in [3.8, 4) is 0 Å². The third kappa shape index (κ3) is 0.391. The van der Waals surface area contributed by atoms with Gasteiger partial charge < -0.3 is 4.98 Å². The maximum Gasteiger partial charge on any atom is 0.154 e. The van der Waals surface area contributed by atoms with Crippen LogP contribution in [0.15, 0.2) is 12.3 Å². The number of aromatic nitrogens is 2. The van der Waals surface area contributed by atoms with Gasteiger partial charge in [-0.15, -0.1) is 0 Å². The van der Waals surface area contributed by atoms with Crippen LogP contribution in [0.1, 0.15) is 0 Å². The van der Waals surface area contributed by atoms with Gasteiger partial charge in [0, 0.05) is 6.20 Å². The summed E-state index contributed by atoms with van der Waals surface area (Å²) < 4.78 is 0. The highest BCUT2D eigenvalue weighted by Gasteiger charge is 1.92. The van der Waals surface area contributed by atoms with E-state index in [-0.39, 0.29) is 0 Å². The standard InChI is InChI=1S/C5H3N2S/c1-2-6-5-4(1)7-3-8-5/h1-2,6H. The molecule has 2 heterocycles. The second-order valence-electron chi connectivity index (χ2n) is 1.50. The van der Waals surface area contributed by atoms with Gasteiger partial charge in [0.1, 0.15) is 10.3 Å². The number of hydrogen-bond acceptors (Lipinski definition) is 2. The number of nitrogens with zero attached hydrogens (tertiary/aromatic N) is 1. The van der Waals surface area contributed by atoms with E-state index in [0.29, 0.717) is 0 Å². The Labute approximate surface area is 50.2 Å². The monoisotopic (exact) mass is 123 g/mol. The van der Waals surface area contributed by atoms with Gasteiger partial charge in [-0.25, -0.2) is 4.98 Å². The molecule has 2 nitrogen and oxygen atoms in total. The van der Waals surface area contributed by atoms with E-state index < -0.39 is 0 Å². The van der Waals surface area contributed by atoms with Crippen LogP contribution in [0.25, 0.3) is 10.3 Å². The lowest BCUT2D eigenvalue weighted by Crippen LogP contribution is -1.51. The number of H-pyrrole nitrogens is 1. The van der Waals surface area contributed by atoms with Crippen molar-refractivity contribution in [3.05, 3.63) is 17.8 Å². The molecule has 0 spiro atoms. The van der Waals surface area contributed by atoms with E-state index in [1.165, 1.54) is 11.3 Å². The second kappa shape index (κ2) is 1.32. The van der Waals surface area contributed by atoms with Crippen molar-refractivity contribution >= 4 is 21.7 Å². The minimum atomic E-state index is 1.01. The fourth-order valence-electron chi connectivity index (χ4n) is 0.633. The highest BCUT2D eigenvalue weighted by Crippen LogP contribution is 2.12. The first-order valence-electron chi connectivity index (χ1n) is 2.27. The summed E-state index contributed by atoms with van der Waals surface area (Å²) in [4.78, 5) is 8.07. The van der Waals surface area contributed by atoms with Gasteiger partial charge in [-0.3, -0.25) is 0 Å². The highest BCUT2D eigenvalue weighted by molar-refractivity contribution is 7.15. The first-order chi connectivity index (χ1) is 3.97. The van der Waals surface area contributed by atoms with Crippen LogP contribution in [0.3, 0.4) is 0 Å². The minimum absolute atomic E-state index is 1.01. The minimum Gasteiger partial charge on any atom is -0.352 e. The third-order valence-corrected chi connectivity index (χ3v) is 1.72. The molecule has 39 valence electrons. The zero-order valence-electron chi connectivity index (χ0n) is 4.01. The Bertz CT molecular complexity index is 232. The number of thiazole rings is 1. The van der Waals surface area contributed by atoms with Crippen molar-refractivity contribution in [2.45, 2.75) is 0 Å². The van der Waals surface area contributed by atoms with Crippen molar-refractivity contribution in [1.29, 1.82) is 0 Å². The largest absolute Gasteiger partial charge is 0.352 e. The van der Waals surface area contributed by atoms with Gasteiger partial charge >= 0.3 is 0 Å². The van der Waals surface area contributed by atoms with E-state index in [2.05, 4.69) is 15.5 Å². The van der Waals surface area contributed by atoms with E-state index in [4.69, 9.17) is 0 Å². The molecule has 1 radical (unpaired) electrons. The molecule has 0 aliphatic rings. The smallest absolute Gasteiger partial charge is 0.154 e. The van der Waals surface area contributed by atoms with Crippen LogP contribution < -0.4 is 0 Å². The molecule has 2 rings (SSSR count). The first-order valence-corrected chi connectivity index (χ1v) is 3.08. The van der Waals surface area contributed by atoms with Crippen LogP contribution >= 0.6 is 11.3 Å². The van der Waals surface area contributed by atoms with Crippen LogP contribution in [-0.4, -0.2) is 9.97 Å². The van der Waals surface area contributed by atoms with Crippen LogP contribution in [-0.2, 0) is 0 Å². The molecule has 0 aromatic carbocycles. The SMILES string of the molecule is [c]1nc2cc[nH]c2s1. The summed E-state index contributed by atoms with van der Waals surface area (Å²) in [6.45, 7) is 0. The molecule has 0 amide bonds. The predicted molar refractivity (Wildman–Crippen MR) is 32.8 cm³/mol. The fraction of sp³-hybridized carbons (Fsp3) is 0. The average Bonchev–Trinajstić information content (AvgIpc) is 2.15. The fourth-order valence-corrected chi connectivity index (χ4v) is 1.21. The van der Waals surface area contributed by atoms with Gasteiger partial charge in [-0.2, -0.15) is 0 Å². The summed E-state index contributed by atoms with van der Waals surface area (Å²) >= 11 is 1.50. The molecule has 2 aromatic heterocycles. The Hall–Kier alpha value is -0.830. The molecular formula is C5H3N2S. The maximum absolute atomic E-state index is 3.94. The van der Waals surface area contributed by atoms with Gasteiger partial charge in [0.25, 0.3) is 0 Å². The summed E-state index contributed by atoms with van der Waals surface area (Å²) in [7, 11) is 0. The summed E-state index contributed by atoms with van der Waals surface area (Å²) in [5.41, 5.74) is 3.79. The lowest BCUT2D eigenvalue weighted by molar-refractivity contribution is 1.50. The molecule has 0 fully saturated rings. The molecule has 0 saturated carbocycles. The van der Waals surface area contributed by atoms with E-state index in [9.17, 15) is 0 Å². The first kappa shape index (κ1) is 4.09. The Balaban J connectivity index is 3.06. The van der Waals surface area contributed by atoms with Crippen LogP contribution in [0.5, 0.6) is 0 Å². The van der Waals surface area contributed by atoms with E-state index in [1.807, 2.05) is 12.3 Å². The molecule has 0 aliphatic heterocycles. The van der Waals surface area contributed by atoms with Crippen LogP contribution in [0.4, 0.5) is 0 Å². The van der Waals surface area contributed by atoms with E-state index in [0.717, 1.165) is 10.3 Å². The quantitative estimate of drug-likeness (QED) is 0.564. The molecule has 0 unspecified atom stereocenters. The summed E-state index contributed by atoms with van der Waals surface area (Å²) in [5.74, 6) is 0. The van der Waals surface area contributed by atoms with Crippen molar-refractivity contribution in [1.82, 2.24) is 9.97 Å². The highest BCUT2D eigenvalue weighted by atomic mass is 32.1. The number of hydrogen-bond donors (Lipinski definition) is 1. The molecular weight excluding hydrogens is 120 g/mol.